The first-order chi connectivity index (χ1) is 14.2. The third-order valence-electron chi connectivity index (χ3n) is 6.74. The lowest BCUT2D eigenvalue weighted by atomic mass is 9.73. The van der Waals surface area contributed by atoms with E-state index in [1.165, 1.54) is 0 Å². The highest BCUT2D eigenvalue weighted by Crippen LogP contribution is 2.55. The third kappa shape index (κ3) is 2.73. The Kier molecular flexibility index (Phi) is 3.71. The van der Waals surface area contributed by atoms with E-state index in [1.54, 1.807) is 17.1 Å². The van der Waals surface area contributed by atoms with Gasteiger partial charge in [-0.25, -0.2) is 0 Å². The predicted molar refractivity (Wildman–Crippen MR) is 105 cm³/mol. The van der Waals surface area contributed by atoms with Gasteiger partial charge in [0.2, 0.25) is 5.91 Å². The molecule has 3 aliphatic rings. The van der Waals surface area contributed by atoms with Crippen LogP contribution < -0.4 is 10.2 Å². The first-order valence-corrected chi connectivity index (χ1v) is 10.2. The minimum atomic E-state index is -0.136. The van der Waals surface area contributed by atoms with Crippen LogP contribution in [-0.2, 0) is 16.1 Å². The average molecular weight is 393 g/mol. The molecule has 1 amide bonds. The van der Waals surface area contributed by atoms with Crippen molar-refractivity contribution in [2.75, 3.05) is 24.5 Å². The lowest BCUT2D eigenvalue weighted by molar-refractivity contribution is -0.122. The quantitative estimate of drug-likeness (QED) is 0.712. The van der Waals surface area contributed by atoms with E-state index >= 15 is 0 Å². The SMILES string of the molecule is O=C(Cn1cccn1)NC[C@H]1[C@H]2CN(c3nc4ccccc4o3)C[C@]23CC[C@H]1O3. The highest BCUT2D eigenvalue weighted by atomic mass is 16.5. The third-order valence-corrected chi connectivity index (χ3v) is 6.74. The zero-order valence-electron chi connectivity index (χ0n) is 16.0. The van der Waals surface area contributed by atoms with E-state index in [2.05, 4.69) is 20.3 Å². The van der Waals surface area contributed by atoms with E-state index in [9.17, 15) is 4.79 Å². The van der Waals surface area contributed by atoms with E-state index in [1.807, 2.05) is 30.3 Å². The van der Waals surface area contributed by atoms with Gasteiger partial charge in [0.15, 0.2) is 5.58 Å². The van der Waals surface area contributed by atoms with Crippen molar-refractivity contribution in [2.45, 2.75) is 31.1 Å². The number of carbonyl (C=O) groups is 1. The molecule has 1 aromatic carbocycles. The minimum absolute atomic E-state index is 0.0145. The Morgan fingerprint density at radius 1 is 1.31 bits per heavy atom. The number of benzene rings is 1. The number of nitrogens with zero attached hydrogens (tertiary/aromatic N) is 4. The zero-order chi connectivity index (χ0) is 19.4. The van der Waals surface area contributed by atoms with Crippen LogP contribution in [0.3, 0.4) is 0 Å². The maximum Gasteiger partial charge on any atom is 0.298 e. The van der Waals surface area contributed by atoms with Gasteiger partial charge in [0.1, 0.15) is 12.1 Å². The molecule has 5 heterocycles. The monoisotopic (exact) mass is 393 g/mol. The maximum absolute atomic E-state index is 12.3. The molecule has 1 spiro atoms. The molecule has 3 aromatic rings. The molecule has 3 aliphatic heterocycles. The van der Waals surface area contributed by atoms with Gasteiger partial charge in [0, 0.05) is 37.3 Å². The fourth-order valence-electron chi connectivity index (χ4n) is 5.43. The molecule has 150 valence electrons. The van der Waals surface area contributed by atoms with Crippen molar-refractivity contribution in [3.8, 4) is 0 Å². The number of nitrogens with one attached hydrogen (secondary N) is 1. The van der Waals surface area contributed by atoms with Crippen LogP contribution in [0.1, 0.15) is 12.8 Å². The van der Waals surface area contributed by atoms with Gasteiger partial charge in [0.05, 0.1) is 18.2 Å². The second kappa shape index (κ2) is 6.32. The standard InChI is InChI=1S/C21H23N5O3/c27-19(12-26-9-3-8-23-26)22-10-14-15-11-25(13-21(15)7-6-17(14)29-21)20-24-16-4-1-2-5-18(16)28-20/h1-5,8-9,14-15,17H,6-7,10-13H2,(H,22,27)/t14-,15+,17+,21+/m0/s1. The summed E-state index contributed by atoms with van der Waals surface area (Å²) in [6.07, 6.45) is 5.83. The van der Waals surface area contributed by atoms with Crippen LogP contribution in [0.2, 0.25) is 0 Å². The molecule has 8 heteroatoms. The summed E-state index contributed by atoms with van der Waals surface area (Å²) in [6, 6.07) is 10.3. The number of ether oxygens (including phenoxy) is 1. The van der Waals surface area contributed by atoms with Crippen molar-refractivity contribution in [2.24, 2.45) is 11.8 Å². The van der Waals surface area contributed by atoms with E-state index in [4.69, 9.17) is 9.15 Å². The number of fused-ring (bicyclic) bond motifs is 2. The van der Waals surface area contributed by atoms with E-state index in [-0.39, 0.29) is 24.2 Å². The van der Waals surface area contributed by atoms with Crippen LogP contribution >= 0.6 is 0 Å². The number of rotatable bonds is 5. The molecule has 3 saturated heterocycles. The summed E-state index contributed by atoms with van der Waals surface area (Å²) in [7, 11) is 0. The van der Waals surface area contributed by atoms with Crippen LogP contribution in [0.25, 0.3) is 11.1 Å². The number of oxazole rings is 1. The van der Waals surface area contributed by atoms with Crippen LogP contribution in [0.15, 0.2) is 47.1 Å². The molecule has 8 nitrogen and oxygen atoms in total. The minimum Gasteiger partial charge on any atom is -0.423 e. The van der Waals surface area contributed by atoms with Crippen molar-refractivity contribution in [3.63, 3.8) is 0 Å². The Morgan fingerprint density at radius 2 is 2.24 bits per heavy atom. The smallest absolute Gasteiger partial charge is 0.298 e. The summed E-state index contributed by atoms with van der Waals surface area (Å²) in [4.78, 5) is 19.2. The molecule has 0 saturated carbocycles. The summed E-state index contributed by atoms with van der Waals surface area (Å²) in [5.74, 6) is 0.681. The van der Waals surface area contributed by atoms with E-state index in [0.29, 0.717) is 24.4 Å². The summed E-state index contributed by atoms with van der Waals surface area (Å²) >= 11 is 0. The molecule has 0 radical (unpaired) electrons. The Balaban J connectivity index is 1.16. The van der Waals surface area contributed by atoms with Crippen LogP contribution in [-0.4, -0.2) is 52.0 Å². The molecule has 29 heavy (non-hydrogen) atoms. The van der Waals surface area contributed by atoms with Gasteiger partial charge in [0.25, 0.3) is 6.01 Å². The summed E-state index contributed by atoms with van der Waals surface area (Å²) in [6.45, 7) is 2.54. The molecule has 4 atom stereocenters. The second-order valence-electron chi connectivity index (χ2n) is 8.38. The highest BCUT2D eigenvalue weighted by Gasteiger charge is 2.63. The van der Waals surface area contributed by atoms with Crippen LogP contribution in [0.4, 0.5) is 6.01 Å². The molecule has 2 bridgehead atoms. The number of hydrogen-bond acceptors (Lipinski definition) is 6. The Labute approximate surface area is 167 Å². The molecule has 2 aromatic heterocycles. The van der Waals surface area contributed by atoms with Gasteiger partial charge in [-0.1, -0.05) is 12.1 Å². The summed E-state index contributed by atoms with van der Waals surface area (Å²) in [5, 5.41) is 7.19. The lowest BCUT2D eigenvalue weighted by Gasteiger charge is -2.29. The zero-order valence-corrected chi connectivity index (χ0v) is 16.0. The molecular formula is C21H23N5O3. The molecule has 3 fully saturated rings. The van der Waals surface area contributed by atoms with Crippen LogP contribution in [0, 0.1) is 11.8 Å². The maximum atomic E-state index is 12.3. The summed E-state index contributed by atoms with van der Waals surface area (Å²) in [5.41, 5.74) is 1.55. The second-order valence-corrected chi connectivity index (χ2v) is 8.38. The normalized spacial score (nSPS) is 30.2. The van der Waals surface area contributed by atoms with Gasteiger partial charge in [-0.15, -0.1) is 0 Å². The number of amides is 1. The van der Waals surface area contributed by atoms with E-state index in [0.717, 1.165) is 37.0 Å². The molecule has 0 unspecified atom stereocenters. The Morgan fingerprint density at radius 3 is 3.10 bits per heavy atom. The van der Waals surface area contributed by atoms with Crippen molar-refractivity contribution in [1.82, 2.24) is 20.1 Å². The number of carbonyl (C=O) groups excluding carboxylic acids is 1. The molecule has 1 N–H and O–H groups in total. The Bertz CT molecular complexity index is 1010. The largest absolute Gasteiger partial charge is 0.423 e. The molecule has 6 rings (SSSR count). The summed E-state index contributed by atoms with van der Waals surface area (Å²) < 4.78 is 14.1. The number of aromatic nitrogens is 3. The number of para-hydroxylation sites is 2. The van der Waals surface area contributed by atoms with Gasteiger partial charge in [-0.3, -0.25) is 9.48 Å². The fraction of sp³-hybridized carbons (Fsp3) is 0.476. The van der Waals surface area contributed by atoms with Gasteiger partial charge in [-0.2, -0.15) is 10.1 Å². The van der Waals surface area contributed by atoms with Crippen molar-refractivity contribution >= 4 is 23.0 Å². The van der Waals surface area contributed by atoms with Gasteiger partial charge < -0.3 is 19.4 Å². The van der Waals surface area contributed by atoms with Crippen molar-refractivity contribution < 1.29 is 13.9 Å². The Hall–Kier alpha value is -2.87. The van der Waals surface area contributed by atoms with E-state index < -0.39 is 0 Å². The molecule has 0 aliphatic carbocycles. The topological polar surface area (TPSA) is 85.4 Å². The lowest BCUT2D eigenvalue weighted by Crippen LogP contribution is -2.42. The first kappa shape index (κ1) is 17.0. The fourth-order valence-corrected chi connectivity index (χ4v) is 5.43. The number of anilines is 1. The number of hydrogen-bond donors (Lipinski definition) is 1. The van der Waals surface area contributed by atoms with Crippen LogP contribution in [0.5, 0.6) is 0 Å². The predicted octanol–water partition coefficient (Wildman–Crippen LogP) is 1.82. The highest BCUT2D eigenvalue weighted by molar-refractivity contribution is 5.75. The molecular weight excluding hydrogens is 370 g/mol. The van der Waals surface area contributed by atoms with Gasteiger partial charge in [-0.05, 0) is 31.0 Å². The van der Waals surface area contributed by atoms with Gasteiger partial charge >= 0.3 is 0 Å². The first-order valence-electron chi connectivity index (χ1n) is 10.2. The van der Waals surface area contributed by atoms with Crippen molar-refractivity contribution in [1.29, 1.82) is 0 Å². The average Bonchev–Trinajstić information content (AvgIpc) is 3.51. The van der Waals surface area contributed by atoms with Crippen molar-refractivity contribution in [3.05, 3.63) is 42.7 Å².